The van der Waals surface area contributed by atoms with Gasteiger partial charge in [0.1, 0.15) is 5.76 Å². The maximum atomic E-state index is 13.3. The minimum Gasteiger partial charge on any atom is -0.507 e. The van der Waals surface area contributed by atoms with E-state index in [1.54, 1.807) is 18.2 Å². The number of amides is 1. The molecule has 1 fully saturated rings. The highest BCUT2D eigenvalue weighted by Crippen LogP contribution is 2.45. The first kappa shape index (κ1) is 25.7. The van der Waals surface area contributed by atoms with Crippen LogP contribution in [0.4, 0.5) is 5.13 Å². The van der Waals surface area contributed by atoms with E-state index in [0.29, 0.717) is 26.2 Å². The van der Waals surface area contributed by atoms with Gasteiger partial charge in [-0.3, -0.25) is 19.5 Å². The number of anilines is 1. The van der Waals surface area contributed by atoms with Crippen molar-refractivity contribution >= 4 is 57.3 Å². The number of phenolic OH excluding ortho intramolecular Hbond substituents is 1. The molecule has 0 bridgehead atoms. The first-order valence-electron chi connectivity index (χ1n) is 11.2. The van der Waals surface area contributed by atoms with Crippen LogP contribution in [-0.4, -0.2) is 44.2 Å². The van der Waals surface area contributed by atoms with Gasteiger partial charge in [0, 0.05) is 28.7 Å². The number of aromatic hydroxyl groups is 1. The molecule has 1 saturated heterocycles. The van der Waals surface area contributed by atoms with Gasteiger partial charge < -0.3 is 14.9 Å². The molecule has 9 nitrogen and oxygen atoms in total. The third-order valence-corrected chi connectivity index (χ3v) is 8.17. The Morgan fingerprint density at radius 2 is 1.84 bits per heavy atom. The smallest absolute Gasteiger partial charge is 0.301 e. The number of aliphatic hydroxyl groups is 1. The van der Waals surface area contributed by atoms with Crippen LogP contribution in [0.3, 0.4) is 0 Å². The van der Waals surface area contributed by atoms with Crippen molar-refractivity contribution in [2.24, 2.45) is 0 Å². The minimum atomic E-state index is -1.04. The third kappa shape index (κ3) is 4.95. The second-order valence-electron chi connectivity index (χ2n) is 8.10. The van der Waals surface area contributed by atoms with Crippen molar-refractivity contribution in [3.8, 4) is 11.5 Å². The SMILES string of the molecule is COc1cc(C2C(=C(O)c3ccncc3)C(=O)C(=O)N2c2nnc(SCc3ccc(Cl)cc3)s2)ccc1O. The Kier molecular flexibility index (Phi) is 7.32. The van der Waals surface area contributed by atoms with Gasteiger partial charge >= 0.3 is 5.91 Å². The molecule has 1 aliphatic heterocycles. The maximum Gasteiger partial charge on any atom is 0.301 e. The molecular weight excluding hydrogens is 548 g/mol. The van der Waals surface area contributed by atoms with Gasteiger partial charge in [-0.15, -0.1) is 10.2 Å². The van der Waals surface area contributed by atoms with E-state index < -0.39 is 17.7 Å². The van der Waals surface area contributed by atoms with Crippen LogP contribution in [0.1, 0.15) is 22.7 Å². The fourth-order valence-corrected chi connectivity index (χ4v) is 5.91. The highest BCUT2D eigenvalue weighted by molar-refractivity contribution is 8.00. The summed E-state index contributed by atoms with van der Waals surface area (Å²) in [7, 11) is 1.39. The van der Waals surface area contributed by atoms with Crippen molar-refractivity contribution in [2.75, 3.05) is 12.0 Å². The molecule has 0 saturated carbocycles. The standard InChI is InChI=1S/C26H19ClN4O5S2/c1-36-19-12-16(4-7-18(19)32)21-20(22(33)15-8-10-28-11-9-15)23(34)24(35)31(21)25-29-30-26(38-25)37-13-14-2-5-17(27)6-3-14/h2-12,21,32-33H,13H2,1H3. The summed E-state index contributed by atoms with van der Waals surface area (Å²) in [5.74, 6) is -1.45. The van der Waals surface area contributed by atoms with Crippen molar-refractivity contribution in [3.05, 3.63) is 94.3 Å². The van der Waals surface area contributed by atoms with Crippen LogP contribution in [0.15, 0.2) is 76.9 Å². The summed E-state index contributed by atoms with van der Waals surface area (Å²) in [6.07, 6.45) is 2.94. The summed E-state index contributed by atoms with van der Waals surface area (Å²) in [5.41, 5.74) is 1.66. The fourth-order valence-electron chi connectivity index (χ4n) is 3.96. The number of halogens is 1. The molecule has 0 spiro atoms. The Balaban J connectivity index is 1.56. The normalized spacial score (nSPS) is 16.7. The Labute approximate surface area is 230 Å². The van der Waals surface area contributed by atoms with E-state index in [-0.39, 0.29) is 28.0 Å². The Morgan fingerprint density at radius 1 is 1.11 bits per heavy atom. The summed E-state index contributed by atoms with van der Waals surface area (Å²) in [6.45, 7) is 0. The van der Waals surface area contributed by atoms with Crippen LogP contribution in [-0.2, 0) is 15.3 Å². The van der Waals surface area contributed by atoms with Crippen LogP contribution < -0.4 is 9.64 Å². The van der Waals surface area contributed by atoms with Gasteiger partial charge in [0.25, 0.3) is 5.78 Å². The monoisotopic (exact) mass is 566 g/mol. The largest absolute Gasteiger partial charge is 0.507 e. The highest BCUT2D eigenvalue weighted by atomic mass is 35.5. The van der Waals surface area contributed by atoms with Crippen LogP contribution in [0.25, 0.3) is 5.76 Å². The van der Waals surface area contributed by atoms with E-state index in [1.807, 2.05) is 12.1 Å². The molecular formula is C26H19ClN4O5S2. The summed E-state index contributed by atoms with van der Waals surface area (Å²) < 4.78 is 5.83. The molecule has 0 aliphatic carbocycles. The quantitative estimate of drug-likeness (QED) is 0.102. The van der Waals surface area contributed by atoms with Gasteiger partial charge in [0.05, 0.1) is 18.7 Å². The van der Waals surface area contributed by atoms with E-state index in [1.165, 1.54) is 60.4 Å². The molecule has 1 amide bonds. The van der Waals surface area contributed by atoms with Gasteiger partial charge in [-0.25, -0.2) is 0 Å². The predicted octanol–water partition coefficient (Wildman–Crippen LogP) is 5.22. The number of pyridine rings is 1. The molecule has 5 rings (SSSR count). The lowest BCUT2D eigenvalue weighted by molar-refractivity contribution is -0.132. The Hall–Kier alpha value is -3.93. The summed E-state index contributed by atoms with van der Waals surface area (Å²) >= 11 is 8.54. The lowest BCUT2D eigenvalue weighted by atomic mass is 9.95. The Morgan fingerprint density at radius 3 is 2.55 bits per heavy atom. The molecule has 12 heteroatoms. The number of rotatable bonds is 7. The highest BCUT2D eigenvalue weighted by Gasteiger charge is 2.48. The summed E-state index contributed by atoms with van der Waals surface area (Å²) in [5, 5.41) is 30.5. The first-order valence-corrected chi connectivity index (χ1v) is 13.3. The summed E-state index contributed by atoms with van der Waals surface area (Å²) in [6, 6.07) is 13.9. The zero-order chi connectivity index (χ0) is 26.8. The third-order valence-electron chi connectivity index (χ3n) is 5.80. The van der Waals surface area contributed by atoms with Crippen LogP contribution in [0.2, 0.25) is 5.02 Å². The number of carbonyl (C=O) groups excluding carboxylic acids is 2. The van der Waals surface area contributed by atoms with Crippen molar-refractivity contribution in [1.82, 2.24) is 15.2 Å². The average molecular weight is 567 g/mol. The van der Waals surface area contributed by atoms with E-state index >= 15 is 0 Å². The molecule has 0 radical (unpaired) electrons. The van der Waals surface area contributed by atoms with Crippen molar-refractivity contribution in [2.45, 2.75) is 16.1 Å². The molecule has 1 aliphatic rings. The van der Waals surface area contributed by atoms with E-state index in [4.69, 9.17) is 16.3 Å². The average Bonchev–Trinajstić information content (AvgIpc) is 3.50. The second-order valence-corrected chi connectivity index (χ2v) is 10.7. The number of aliphatic hydroxyl groups excluding tert-OH is 1. The number of methoxy groups -OCH3 is 1. The molecule has 2 aromatic carbocycles. The minimum absolute atomic E-state index is 0.112. The zero-order valence-corrected chi connectivity index (χ0v) is 22.1. The zero-order valence-electron chi connectivity index (χ0n) is 19.7. The second kappa shape index (κ2) is 10.8. The van der Waals surface area contributed by atoms with Crippen LogP contribution in [0.5, 0.6) is 11.5 Å². The van der Waals surface area contributed by atoms with Gasteiger partial charge in [-0.1, -0.05) is 52.9 Å². The number of Topliss-reactive ketones (excluding diaryl/α,β-unsaturated/α-hetero) is 1. The van der Waals surface area contributed by atoms with Crippen molar-refractivity contribution in [1.29, 1.82) is 0 Å². The molecule has 1 atom stereocenters. The predicted molar refractivity (Wildman–Crippen MR) is 145 cm³/mol. The topological polar surface area (TPSA) is 126 Å². The van der Waals surface area contributed by atoms with Crippen LogP contribution >= 0.6 is 34.7 Å². The Bertz CT molecular complexity index is 1540. The van der Waals surface area contributed by atoms with Gasteiger partial charge in [0.15, 0.2) is 15.8 Å². The molecule has 192 valence electrons. The number of hydrogen-bond donors (Lipinski definition) is 2. The molecule has 2 N–H and O–H groups in total. The number of hydrogen-bond acceptors (Lipinski definition) is 10. The number of nitrogens with zero attached hydrogens (tertiary/aromatic N) is 4. The fraction of sp³-hybridized carbons (Fsp3) is 0.115. The lowest BCUT2D eigenvalue weighted by Crippen LogP contribution is -2.29. The first-order chi connectivity index (χ1) is 18.4. The number of ether oxygens (including phenoxy) is 1. The van der Waals surface area contributed by atoms with Gasteiger partial charge in [0.2, 0.25) is 5.13 Å². The molecule has 1 unspecified atom stereocenters. The molecule has 4 aromatic rings. The van der Waals surface area contributed by atoms with Gasteiger partial charge in [-0.2, -0.15) is 0 Å². The molecule has 38 heavy (non-hydrogen) atoms. The number of carbonyl (C=O) groups is 2. The van der Waals surface area contributed by atoms with E-state index in [2.05, 4.69) is 15.2 Å². The number of aromatic nitrogens is 3. The lowest BCUT2D eigenvalue weighted by Gasteiger charge is -2.23. The summed E-state index contributed by atoms with van der Waals surface area (Å²) in [4.78, 5) is 31.8. The number of benzene rings is 2. The molecule has 2 aromatic heterocycles. The van der Waals surface area contributed by atoms with Crippen molar-refractivity contribution < 1.29 is 24.5 Å². The maximum absolute atomic E-state index is 13.3. The van der Waals surface area contributed by atoms with Crippen molar-refractivity contribution in [3.63, 3.8) is 0 Å². The van der Waals surface area contributed by atoms with Crippen LogP contribution in [0, 0.1) is 0 Å². The van der Waals surface area contributed by atoms with Gasteiger partial charge in [-0.05, 0) is 47.5 Å². The van der Waals surface area contributed by atoms with E-state index in [9.17, 15) is 19.8 Å². The number of ketones is 1. The molecule has 3 heterocycles. The number of thioether (sulfide) groups is 1. The number of phenols is 1. The van der Waals surface area contributed by atoms with E-state index in [0.717, 1.165) is 16.9 Å².